The van der Waals surface area contributed by atoms with E-state index >= 15 is 0 Å². The first kappa shape index (κ1) is 10.3. The Balaban J connectivity index is 2.16. The fourth-order valence-corrected chi connectivity index (χ4v) is 1.22. The lowest BCUT2D eigenvalue weighted by Crippen LogP contribution is -2.49. The topological polar surface area (TPSA) is 102 Å². The van der Waals surface area contributed by atoms with E-state index in [0.29, 0.717) is 11.5 Å². The minimum absolute atomic E-state index is 0.496. The lowest BCUT2D eigenvalue weighted by atomic mass is 10.2. The van der Waals surface area contributed by atoms with Gasteiger partial charge in [0.25, 0.3) is 0 Å². The predicted molar refractivity (Wildman–Crippen MR) is 60.2 cm³/mol. The molecule has 0 aromatic carbocycles. The van der Waals surface area contributed by atoms with Gasteiger partial charge in [0.15, 0.2) is 5.82 Å². The van der Waals surface area contributed by atoms with Gasteiger partial charge < -0.3 is 11.1 Å². The van der Waals surface area contributed by atoms with Gasteiger partial charge in [-0.2, -0.15) is 0 Å². The van der Waals surface area contributed by atoms with Crippen molar-refractivity contribution in [1.29, 1.82) is 0 Å². The Morgan fingerprint density at radius 3 is 2.94 bits per heavy atom. The summed E-state index contributed by atoms with van der Waals surface area (Å²) in [5, 5.41) is 10.7. The Hall–Kier alpha value is -2.21. The Morgan fingerprint density at radius 2 is 2.25 bits per heavy atom. The van der Waals surface area contributed by atoms with Crippen LogP contribution in [-0.4, -0.2) is 10.8 Å². The van der Waals surface area contributed by atoms with Gasteiger partial charge in [0, 0.05) is 24.2 Å². The second kappa shape index (κ2) is 4.11. The number of aromatic nitrogens is 1. The zero-order valence-electron chi connectivity index (χ0n) is 8.54. The van der Waals surface area contributed by atoms with E-state index in [1.54, 1.807) is 36.7 Å². The number of nitrogens with one attached hydrogen (secondary N) is 1. The Bertz CT molecular complexity index is 450. The number of dihydropyridines is 1. The molecular weight excluding hydrogens is 204 g/mol. The van der Waals surface area contributed by atoms with E-state index in [4.69, 9.17) is 11.5 Å². The summed E-state index contributed by atoms with van der Waals surface area (Å²) in [5.74, 6) is -0.605. The zero-order valence-corrected chi connectivity index (χ0v) is 8.54. The maximum atomic E-state index is 5.89. The standard InChI is InChI=1S/C10H12N6/c11-8-4-6-14-10(12,7-8)16-15-9-3-1-2-5-13-9/h1-7,14H,11-12H2. The number of nitrogens with zero attached hydrogens (tertiary/aromatic N) is 3. The molecule has 82 valence electrons. The van der Waals surface area contributed by atoms with E-state index < -0.39 is 5.79 Å². The van der Waals surface area contributed by atoms with E-state index in [-0.39, 0.29) is 0 Å². The number of azo groups is 1. The zero-order chi connectivity index (χ0) is 11.4. The van der Waals surface area contributed by atoms with Crippen LogP contribution >= 0.6 is 0 Å². The van der Waals surface area contributed by atoms with Crippen LogP contribution in [0.15, 0.2) is 58.7 Å². The Morgan fingerprint density at radius 1 is 1.38 bits per heavy atom. The van der Waals surface area contributed by atoms with E-state index in [0.717, 1.165) is 0 Å². The van der Waals surface area contributed by atoms with Crippen molar-refractivity contribution in [1.82, 2.24) is 10.3 Å². The minimum Gasteiger partial charge on any atom is -0.399 e. The van der Waals surface area contributed by atoms with Crippen molar-refractivity contribution in [2.45, 2.75) is 5.79 Å². The first-order valence-corrected chi connectivity index (χ1v) is 4.73. The molecule has 0 fully saturated rings. The Kier molecular flexibility index (Phi) is 2.65. The van der Waals surface area contributed by atoms with Crippen LogP contribution in [0.3, 0.4) is 0 Å². The highest BCUT2D eigenvalue weighted by Gasteiger charge is 2.21. The second-order valence-electron chi connectivity index (χ2n) is 3.34. The molecule has 6 nitrogen and oxygen atoms in total. The normalized spacial score (nSPS) is 24.2. The van der Waals surface area contributed by atoms with Crippen molar-refractivity contribution in [2.75, 3.05) is 0 Å². The van der Waals surface area contributed by atoms with Gasteiger partial charge in [0.1, 0.15) is 0 Å². The fraction of sp³-hybridized carbons (Fsp3) is 0.100. The molecule has 1 aromatic rings. The summed E-state index contributed by atoms with van der Waals surface area (Å²) in [6, 6.07) is 5.36. The first-order valence-electron chi connectivity index (χ1n) is 4.73. The highest BCUT2D eigenvalue weighted by atomic mass is 15.3. The van der Waals surface area contributed by atoms with Gasteiger partial charge in [-0.05, 0) is 18.2 Å². The van der Waals surface area contributed by atoms with Crippen molar-refractivity contribution in [3.05, 3.63) is 48.4 Å². The van der Waals surface area contributed by atoms with Crippen LogP contribution in [0.4, 0.5) is 5.82 Å². The van der Waals surface area contributed by atoms with Crippen molar-refractivity contribution in [3.8, 4) is 0 Å². The van der Waals surface area contributed by atoms with Crippen molar-refractivity contribution in [3.63, 3.8) is 0 Å². The monoisotopic (exact) mass is 216 g/mol. The summed E-state index contributed by atoms with van der Waals surface area (Å²) in [7, 11) is 0. The number of nitrogens with two attached hydrogens (primary N) is 2. The highest BCUT2D eigenvalue weighted by Crippen LogP contribution is 2.13. The smallest absolute Gasteiger partial charge is 0.223 e. The molecule has 5 N–H and O–H groups in total. The number of allylic oxidation sites excluding steroid dienone is 1. The molecule has 2 heterocycles. The third-order valence-corrected chi connectivity index (χ3v) is 1.94. The maximum Gasteiger partial charge on any atom is 0.223 e. The van der Waals surface area contributed by atoms with Crippen LogP contribution in [0.2, 0.25) is 0 Å². The van der Waals surface area contributed by atoms with E-state index in [1.165, 1.54) is 0 Å². The molecule has 6 heteroatoms. The molecule has 0 radical (unpaired) electrons. The molecule has 1 aliphatic rings. The van der Waals surface area contributed by atoms with E-state index in [9.17, 15) is 0 Å². The van der Waals surface area contributed by atoms with Gasteiger partial charge >= 0.3 is 0 Å². The lowest BCUT2D eigenvalue weighted by molar-refractivity contribution is 0.466. The largest absolute Gasteiger partial charge is 0.399 e. The summed E-state index contributed by atoms with van der Waals surface area (Å²) < 4.78 is 0. The van der Waals surface area contributed by atoms with Gasteiger partial charge in [-0.3, -0.25) is 5.73 Å². The third kappa shape index (κ3) is 2.43. The van der Waals surface area contributed by atoms with Gasteiger partial charge in [0.05, 0.1) is 0 Å². The number of rotatable bonds is 2. The average molecular weight is 216 g/mol. The molecule has 1 aromatic heterocycles. The number of hydrogen-bond acceptors (Lipinski definition) is 6. The molecule has 1 atom stereocenters. The minimum atomic E-state index is -1.10. The average Bonchev–Trinajstić information content (AvgIpc) is 2.28. The molecule has 0 saturated carbocycles. The van der Waals surface area contributed by atoms with Crippen LogP contribution in [0.1, 0.15) is 0 Å². The van der Waals surface area contributed by atoms with E-state index in [2.05, 4.69) is 20.5 Å². The van der Waals surface area contributed by atoms with Gasteiger partial charge in [-0.25, -0.2) is 4.98 Å². The summed E-state index contributed by atoms with van der Waals surface area (Å²) in [5.41, 5.74) is 12.0. The third-order valence-electron chi connectivity index (χ3n) is 1.94. The fourth-order valence-electron chi connectivity index (χ4n) is 1.22. The second-order valence-corrected chi connectivity index (χ2v) is 3.34. The Labute approximate surface area is 92.8 Å². The molecular formula is C10H12N6. The molecule has 0 amide bonds. The van der Waals surface area contributed by atoms with Crippen LogP contribution in [0, 0.1) is 0 Å². The van der Waals surface area contributed by atoms with Crippen molar-refractivity contribution >= 4 is 5.82 Å². The first-order chi connectivity index (χ1) is 7.68. The quantitative estimate of drug-likeness (QED) is 0.634. The highest BCUT2D eigenvalue weighted by molar-refractivity contribution is 5.27. The van der Waals surface area contributed by atoms with E-state index in [1.807, 2.05) is 6.07 Å². The van der Waals surface area contributed by atoms with Crippen LogP contribution in [0.25, 0.3) is 0 Å². The molecule has 1 unspecified atom stereocenters. The van der Waals surface area contributed by atoms with Gasteiger partial charge in [-0.1, -0.05) is 6.07 Å². The molecule has 1 aliphatic heterocycles. The summed E-state index contributed by atoms with van der Waals surface area (Å²) in [6.45, 7) is 0. The molecule has 0 saturated heterocycles. The SMILES string of the molecule is NC1=CC(N)(N=Nc2ccccn2)NC=C1. The summed E-state index contributed by atoms with van der Waals surface area (Å²) in [6.07, 6.45) is 6.55. The summed E-state index contributed by atoms with van der Waals surface area (Å²) >= 11 is 0. The van der Waals surface area contributed by atoms with Gasteiger partial charge in [-0.15, -0.1) is 10.2 Å². The van der Waals surface area contributed by atoms with Gasteiger partial charge in [0.2, 0.25) is 5.79 Å². The number of pyridine rings is 1. The maximum absolute atomic E-state index is 5.89. The molecule has 0 spiro atoms. The van der Waals surface area contributed by atoms with Crippen LogP contribution < -0.4 is 16.8 Å². The van der Waals surface area contributed by atoms with Crippen LogP contribution in [0.5, 0.6) is 0 Å². The predicted octanol–water partition coefficient (Wildman–Crippen LogP) is 0.737. The molecule has 0 aliphatic carbocycles. The molecule has 0 bridgehead atoms. The summed E-state index contributed by atoms with van der Waals surface area (Å²) in [4.78, 5) is 4.00. The lowest BCUT2D eigenvalue weighted by Gasteiger charge is -2.23. The van der Waals surface area contributed by atoms with Crippen molar-refractivity contribution < 1.29 is 0 Å². The molecule has 16 heavy (non-hydrogen) atoms. The molecule has 2 rings (SSSR count). The van der Waals surface area contributed by atoms with Crippen molar-refractivity contribution in [2.24, 2.45) is 21.7 Å². The number of hydrogen-bond donors (Lipinski definition) is 3. The van der Waals surface area contributed by atoms with Crippen LogP contribution in [-0.2, 0) is 0 Å².